The summed E-state index contributed by atoms with van der Waals surface area (Å²) >= 11 is 0. The van der Waals surface area contributed by atoms with Crippen LogP contribution in [0.15, 0.2) is 35.3 Å². The second kappa shape index (κ2) is 8.61. The van der Waals surface area contributed by atoms with Gasteiger partial charge < -0.3 is 15.0 Å². The number of nitrogens with one attached hydrogen (secondary N) is 2. The Balaban J connectivity index is 1.76. The molecule has 0 aliphatic rings. The fraction of sp³-hybridized carbons (Fsp3) is 0.278. The third-order valence-electron chi connectivity index (χ3n) is 4.05. The number of aromatic nitrogens is 4. The summed E-state index contributed by atoms with van der Waals surface area (Å²) in [5, 5.41) is 5.30. The largest absolute Gasteiger partial charge is 0.383 e. The summed E-state index contributed by atoms with van der Waals surface area (Å²) in [6.07, 6.45) is 0.892. The lowest BCUT2D eigenvalue weighted by Gasteiger charge is -2.15. The molecule has 0 spiro atoms. The van der Waals surface area contributed by atoms with Gasteiger partial charge in [-0.2, -0.15) is 0 Å². The molecular formula is C18H19FN6O4. The van der Waals surface area contributed by atoms with Gasteiger partial charge in [0.2, 0.25) is 5.91 Å². The smallest absolute Gasteiger partial charge is 0.273 e. The number of nitrogens with zero attached hydrogens (tertiary/aromatic N) is 4. The van der Waals surface area contributed by atoms with Gasteiger partial charge in [0, 0.05) is 38.5 Å². The summed E-state index contributed by atoms with van der Waals surface area (Å²) in [5.74, 6) is -1.14. The highest BCUT2D eigenvalue weighted by molar-refractivity contribution is 5.93. The highest BCUT2D eigenvalue weighted by atomic mass is 19.1. The van der Waals surface area contributed by atoms with E-state index in [1.165, 1.54) is 30.2 Å². The van der Waals surface area contributed by atoms with Crippen molar-refractivity contribution in [1.29, 1.82) is 0 Å². The van der Waals surface area contributed by atoms with E-state index in [2.05, 4.69) is 20.4 Å². The third kappa shape index (κ3) is 4.82. The number of H-pyrrole nitrogens is 1. The minimum Gasteiger partial charge on any atom is -0.383 e. The lowest BCUT2D eigenvalue weighted by molar-refractivity contribution is -0.115. The number of likely N-dealkylation sites (N-methyl/N-ethyl adjacent to an activating group) is 1. The second-order valence-electron chi connectivity index (χ2n) is 6.26. The van der Waals surface area contributed by atoms with Gasteiger partial charge in [-0.3, -0.25) is 19.5 Å². The molecule has 2 amide bonds. The molecule has 152 valence electrons. The highest BCUT2D eigenvalue weighted by Gasteiger charge is 2.17. The Kier molecular flexibility index (Phi) is 5.98. The van der Waals surface area contributed by atoms with Gasteiger partial charge in [0.05, 0.1) is 19.2 Å². The quantitative estimate of drug-likeness (QED) is 0.592. The molecule has 0 bridgehead atoms. The molecule has 0 fully saturated rings. The summed E-state index contributed by atoms with van der Waals surface area (Å²) in [7, 11) is 3.11. The number of aromatic amines is 1. The molecule has 10 nitrogen and oxygen atoms in total. The predicted octanol–water partition coefficient (Wildman–Crippen LogP) is 0.456. The molecule has 0 atom stereocenters. The number of ether oxygens (including phenoxy) is 1. The van der Waals surface area contributed by atoms with Crippen LogP contribution >= 0.6 is 0 Å². The number of methoxy groups -OCH3 is 1. The zero-order valence-corrected chi connectivity index (χ0v) is 15.8. The molecule has 0 radical (unpaired) electrons. The highest BCUT2D eigenvalue weighted by Crippen LogP contribution is 2.08. The number of fused-ring (bicyclic) bond motifs is 1. The van der Waals surface area contributed by atoms with Gasteiger partial charge in [-0.15, -0.1) is 0 Å². The lowest BCUT2D eigenvalue weighted by atomic mass is 10.3. The SMILES string of the molecule is COCCN(C)C(=O)c1cc(=O)n2[nH]c(CC(=O)Nc3ccc(F)cn3)cc2n1. The first kappa shape index (κ1) is 20.1. The first-order valence-corrected chi connectivity index (χ1v) is 8.65. The first-order valence-electron chi connectivity index (χ1n) is 8.65. The van der Waals surface area contributed by atoms with Gasteiger partial charge in [-0.1, -0.05) is 0 Å². The van der Waals surface area contributed by atoms with Crippen LogP contribution in [-0.4, -0.2) is 63.6 Å². The van der Waals surface area contributed by atoms with Gasteiger partial charge in [-0.25, -0.2) is 18.9 Å². The number of rotatable bonds is 7. The zero-order chi connectivity index (χ0) is 21.0. The molecule has 29 heavy (non-hydrogen) atoms. The van der Waals surface area contributed by atoms with E-state index in [9.17, 15) is 18.8 Å². The summed E-state index contributed by atoms with van der Waals surface area (Å²) in [6, 6.07) is 5.14. The third-order valence-corrected chi connectivity index (χ3v) is 4.05. The topological polar surface area (TPSA) is 122 Å². The fourth-order valence-electron chi connectivity index (χ4n) is 2.58. The molecule has 0 aliphatic heterocycles. The van der Waals surface area contributed by atoms with E-state index in [1.807, 2.05) is 0 Å². The van der Waals surface area contributed by atoms with Crippen LogP contribution < -0.4 is 10.9 Å². The number of amides is 2. The zero-order valence-electron chi connectivity index (χ0n) is 15.8. The maximum absolute atomic E-state index is 12.9. The van der Waals surface area contributed by atoms with Crippen molar-refractivity contribution in [2.75, 3.05) is 32.6 Å². The number of pyridine rings is 1. The first-order chi connectivity index (χ1) is 13.9. The van der Waals surface area contributed by atoms with Gasteiger partial charge in [0.1, 0.15) is 17.3 Å². The van der Waals surface area contributed by atoms with E-state index in [0.29, 0.717) is 18.8 Å². The van der Waals surface area contributed by atoms with E-state index < -0.39 is 23.2 Å². The Labute approximate surface area is 164 Å². The summed E-state index contributed by atoms with van der Waals surface area (Å²) in [6.45, 7) is 0.710. The molecule has 0 aromatic carbocycles. The summed E-state index contributed by atoms with van der Waals surface area (Å²) in [4.78, 5) is 46.2. The van der Waals surface area contributed by atoms with Crippen molar-refractivity contribution in [1.82, 2.24) is 24.5 Å². The Morgan fingerprint density at radius 3 is 2.83 bits per heavy atom. The fourth-order valence-corrected chi connectivity index (χ4v) is 2.58. The summed E-state index contributed by atoms with van der Waals surface area (Å²) < 4.78 is 19.0. The predicted molar refractivity (Wildman–Crippen MR) is 101 cm³/mol. The molecule has 0 aliphatic carbocycles. The van der Waals surface area contributed by atoms with Crippen molar-refractivity contribution in [2.45, 2.75) is 6.42 Å². The molecule has 3 heterocycles. The van der Waals surface area contributed by atoms with E-state index >= 15 is 0 Å². The lowest BCUT2D eigenvalue weighted by Crippen LogP contribution is -2.32. The monoisotopic (exact) mass is 402 g/mol. The molecule has 0 saturated heterocycles. The van der Waals surface area contributed by atoms with Crippen LogP contribution in [0.1, 0.15) is 16.2 Å². The summed E-state index contributed by atoms with van der Waals surface area (Å²) in [5.41, 5.74) is 0.139. The average Bonchev–Trinajstić information content (AvgIpc) is 3.10. The Bertz CT molecular complexity index is 1090. The minimum absolute atomic E-state index is 0.000818. The number of hydrogen-bond donors (Lipinski definition) is 2. The van der Waals surface area contributed by atoms with Crippen LogP contribution in [-0.2, 0) is 16.0 Å². The van der Waals surface area contributed by atoms with Crippen LogP contribution in [0.25, 0.3) is 5.65 Å². The van der Waals surface area contributed by atoms with Crippen LogP contribution in [0.4, 0.5) is 10.2 Å². The van der Waals surface area contributed by atoms with E-state index in [1.54, 1.807) is 7.05 Å². The van der Waals surface area contributed by atoms with Gasteiger partial charge >= 0.3 is 0 Å². The molecule has 3 aromatic heterocycles. The maximum atomic E-state index is 12.9. The van der Waals surface area contributed by atoms with E-state index in [4.69, 9.17) is 4.74 Å². The van der Waals surface area contributed by atoms with E-state index in [0.717, 1.165) is 16.8 Å². The van der Waals surface area contributed by atoms with Gasteiger partial charge in [-0.05, 0) is 12.1 Å². The Morgan fingerprint density at radius 1 is 1.34 bits per heavy atom. The molecule has 3 rings (SSSR count). The standard InChI is InChI=1S/C18H19FN6O4/c1-24(5-6-29-2)18(28)13-9-17(27)25-15(21-13)7-12(23-25)8-16(26)22-14-4-3-11(19)10-20-14/h3-4,7,9-10,23H,5-6,8H2,1-2H3,(H,20,22,26). The van der Waals surface area contributed by atoms with Crippen molar-refractivity contribution in [2.24, 2.45) is 0 Å². The second-order valence-corrected chi connectivity index (χ2v) is 6.26. The van der Waals surface area contributed by atoms with Crippen molar-refractivity contribution < 1.29 is 18.7 Å². The van der Waals surface area contributed by atoms with Gasteiger partial charge in [0.25, 0.3) is 11.5 Å². The minimum atomic E-state index is -0.512. The number of carbonyl (C=O) groups is 2. The normalized spacial score (nSPS) is 10.9. The average molecular weight is 402 g/mol. The van der Waals surface area contributed by atoms with Crippen LogP contribution in [0.2, 0.25) is 0 Å². The van der Waals surface area contributed by atoms with Crippen LogP contribution in [0, 0.1) is 5.82 Å². The number of carbonyl (C=O) groups excluding carboxylic acids is 2. The maximum Gasteiger partial charge on any atom is 0.273 e. The number of hydrogen-bond acceptors (Lipinski definition) is 6. The number of anilines is 1. The van der Waals surface area contributed by atoms with Crippen LogP contribution in [0.5, 0.6) is 0 Å². The molecule has 0 saturated carbocycles. The Hall–Kier alpha value is -3.60. The molecular weight excluding hydrogens is 383 g/mol. The molecule has 3 aromatic rings. The van der Waals surface area contributed by atoms with Crippen LogP contribution in [0.3, 0.4) is 0 Å². The van der Waals surface area contributed by atoms with Crippen molar-refractivity contribution in [3.63, 3.8) is 0 Å². The van der Waals surface area contributed by atoms with Crippen molar-refractivity contribution in [3.8, 4) is 0 Å². The van der Waals surface area contributed by atoms with E-state index in [-0.39, 0.29) is 23.6 Å². The van der Waals surface area contributed by atoms with Gasteiger partial charge in [0.15, 0.2) is 5.65 Å². The molecule has 0 unspecified atom stereocenters. The van der Waals surface area contributed by atoms with Crippen molar-refractivity contribution >= 4 is 23.3 Å². The number of halogens is 1. The molecule has 2 N–H and O–H groups in total. The molecule has 11 heteroatoms. The van der Waals surface area contributed by atoms with Crippen molar-refractivity contribution in [3.05, 3.63) is 58.0 Å². The Morgan fingerprint density at radius 2 is 2.14 bits per heavy atom.